The van der Waals surface area contributed by atoms with Crippen molar-refractivity contribution in [3.63, 3.8) is 0 Å². The lowest BCUT2D eigenvalue weighted by Gasteiger charge is -2.34. The molecule has 1 fully saturated rings. The number of hydrogen-bond donors (Lipinski definition) is 1. The first kappa shape index (κ1) is 12.7. The molecule has 0 spiro atoms. The number of anilines is 1. The summed E-state index contributed by atoms with van der Waals surface area (Å²) in [7, 11) is 0. The molecule has 17 heavy (non-hydrogen) atoms. The molecule has 0 amide bonds. The van der Waals surface area contributed by atoms with Crippen molar-refractivity contribution in [2.45, 2.75) is 32.7 Å². The van der Waals surface area contributed by atoms with Crippen molar-refractivity contribution in [3.8, 4) is 0 Å². The first-order chi connectivity index (χ1) is 8.20. The fourth-order valence-electron chi connectivity index (χ4n) is 2.41. The van der Waals surface area contributed by atoms with Gasteiger partial charge >= 0.3 is 0 Å². The standard InChI is InChI=1S/C14H21ClN2/c1-3-16-12-6-8-17(9-7-12)13-5-4-11(2)14(15)10-13/h4-5,10,12,16H,3,6-9H2,1-2H3. The molecule has 2 rings (SSSR count). The Morgan fingerprint density at radius 2 is 2.06 bits per heavy atom. The lowest BCUT2D eigenvalue weighted by molar-refractivity contribution is 0.424. The molecule has 2 nitrogen and oxygen atoms in total. The van der Waals surface area contributed by atoms with E-state index in [9.17, 15) is 0 Å². The van der Waals surface area contributed by atoms with Gasteiger partial charge in [0, 0.05) is 29.8 Å². The third-order valence-corrected chi connectivity index (χ3v) is 3.92. The molecule has 0 atom stereocenters. The van der Waals surface area contributed by atoms with Crippen LogP contribution in [-0.4, -0.2) is 25.7 Å². The maximum Gasteiger partial charge on any atom is 0.0455 e. The fourth-order valence-corrected chi connectivity index (χ4v) is 2.58. The molecule has 3 heteroatoms. The van der Waals surface area contributed by atoms with Crippen LogP contribution in [0.15, 0.2) is 18.2 Å². The molecule has 1 aliphatic heterocycles. The predicted octanol–water partition coefficient (Wildman–Crippen LogP) is 3.23. The first-order valence-electron chi connectivity index (χ1n) is 6.45. The summed E-state index contributed by atoms with van der Waals surface area (Å²) < 4.78 is 0. The van der Waals surface area contributed by atoms with Gasteiger partial charge in [-0.15, -0.1) is 0 Å². The van der Waals surface area contributed by atoms with E-state index in [4.69, 9.17) is 11.6 Å². The molecule has 0 aromatic heterocycles. The third-order valence-electron chi connectivity index (χ3n) is 3.51. The molecule has 1 N–H and O–H groups in total. The van der Waals surface area contributed by atoms with Crippen LogP contribution in [0.25, 0.3) is 0 Å². The van der Waals surface area contributed by atoms with Gasteiger partial charge in [-0.05, 0) is 44.0 Å². The van der Waals surface area contributed by atoms with Crippen LogP contribution in [0.3, 0.4) is 0 Å². The number of benzene rings is 1. The van der Waals surface area contributed by atoms with E-state index in [0.29, 0.717) is 6.04 Å². The Balaban J connectivity index is 1.98. The number of halogens is 1. The van der Waals surface area contributed by atoms with Gasteiger partial charge in [0.2, 0.25) is 0 Å². The molecular weight excluding hydrogens is 232 g/mol. The van der Waals surface area contributed by atoms with Crippen molar-refractivity contribution in [3.05, 3.63) is 28.8 Å². The zero-order valence-electron chi connectivity index (χ0n) is 10.7. The maximum absolute atomic E-state index is 6.17. The van der Waals surface area contributed by atoms with E-state index in [2.05, 4.69) is 35.3 Å². The second kappa shape index (κ2) is 5.74. The van der Waals surface area contributed by atoms with Gasteiger partial charge in [-0.1, -0.05) is 24.6 Å². The molecule has 1 aromatic rings. The minimum absolute atomic E-state index is 0.692. The number of piperidine rings is 1. The summed E-state index contributed by atoms with van der Waals surface area (Å²) in [6.45, 7) is 7.53. The molecule has 94 valence electrons. The molecule has 1 aliphatic rings. The molecule has 1 heterocycles. The molecule has 0 unspecified atom stereocenters. The molecule has 0 saturated carbocycles. The molecular formula is C14H21ClN2. The summed E-state index contributed by atoms with van der Waals surface area (Å²) >= 11 is 6.17. The predicted molar refractivity (Wildman–Crippen MR) is 75.1 cm³/mol. The average Bonchev–Trinajstić information content (AvgIpc) is 2.34. The van der Waals surface area contributed by atoms with E-state index < -0.39 is 0 Å². The second-order valence-electron chi connectivity index (χ2n) is 4.75. The SMILES string of the molecule is CCNC1CCN(c2ccc(C)c(Cl)c2)CC1. The minimum atomic E-state index is 0.692. The van der Waals surface area contributed by atoms with E-state index in [1.54, 1.807) is 0 Å². The van der Waals surface area contributed by atoms with Gasteiger partial charge in [-0.2, -0.15) is 0 Å². The summed E-state index contributed by atoms with van der Waals surface area (Å²) in [6, 6.07) is 7.06. The van der Waals surface area contributed by atoms with Crippen LogP contribution in [-0.2, 0) is 0 Å². The van der Waals surface area contributed by atoms with Crippen molar-refractivity contribution < 1.29 is 0 Å². The number of nitrogens with one attached hydrogen (secondary N) is 1. The molecule has 0 radical (unpaired) electrons. The molecule has 1 saturated heterocycles. The van der Waals surface area contributed by atoms with Crippen LogP contribution in [0.5, 0.6) is 0 Å². The Bertz CT molecular complexity index is 370. The molecule has 0 bridgehead atoms. The van der Waals surface area contributed by atoms with E-state index in [0.717, 1.165) is 30.2 Å². The maximum atomic E-state index is 6.17. The van der Waals surface area contributed by atoms with Crippen LogP contribution in [0.1, 0.15) is 25.3 Å². The first-order valence-corrected chi connectivity index (χ1v) is 6.83. The summed E-state index contributed by atoms with van der Waals surface area (Å²) in [4.78, 5) is 2.43. The number of rotatable bonds is 3. The lowest BCUT2D eigenvalue weighted by Crippen LogP contribution is -2.42. The highest BCUT2D eigenvalue weighted by Gasteiger charge is 2.18. The Labute approximate surface area is 109 Å². The van der Waals surface area contributed by atoms with Crippen molar-refractivity contribution in [2.75, 3.05) is 24.5 Å². The van der Waals surface area contributed by atoms with Gasteiger partial charge in [-0.3, -0.25) is 0 Å². The van der Waals surface area contributed by atoms with Crippen LogP contribution in [0.2, 0.25) is 5.02 Å². The number of aryl methyl sites for hydroxylation is 1. The highest BCUT2D eigenvalue weighted by Crippen LogP contribution is 2.25. The summed E-state index contributed by atoms with van der Waals surface area (Å²) in [5.74, 6) is 0. The van der Waals surface area contributed by atoms with Gasteiger partial charge in [0.25, 0.3) is 0 Å². The van der Waals surface area contributed by atoms with Crippen molar-refractivity contribution in [1.29, 1.82) is 0 Å². The van der Waals surface area contributed by atoms with Gasteiger partial charge < -0.3 is 10.2 Å². The van der Waals surface area contributed by atoms with Crippen LogP contribution in [0.4, 0.5) is 5.69 Å². The van der Waals surface area contributed by atoms with Gasteiger partial charge in [0.15, 0.2) is 0 Å². The highest BCUT2D eigenvalue weighted by molar-refractivity contribution is 6.31. The Hall–Kier alpha value is -0.730. The zero-order chi connectivity index (χ0) is 12.3. The molecule has 0 aliphatic carbocycles. The summed E-state index contributed by atoms with van der Waals surface area (Å²) in [5, 5.41) is 4.40. The van der Waals surface area contributed by atoms with Crippen LogP contribution >= 0.6 is 11.6 Å². The molecule has 1 aromatic carbocycles. The highest BCUT2D eigenvalue weighted by atomic mass is 35.5. The average molecular weight is 253 g/mol. The Morgan fingerprint density at radius 1 is 1.35 bits per heavy atom. The normalized spacial score (nSPS) is 17.5. The Morgan fingerprint density at radius 3 is 2.65 bits per heavy atom. The van der Waals surface area contributed by atoms with Crippen molar-refractivity contribution >= 4 is 17.3 Å². The van der Waals surface area contributed by atoms with Crippen molar-refractivity contribution in [1.82, 2.24) is 5.32 Å². The zero-order valence-corrected chi connectivity index (χ0v) is 11.4. The summed E-state index contributed by atoms with van der Waals surface area (Å²) in [5.41, 5.74) is 2.41. The van der Waals surface area contributed by atoms with E-state index in [1.165, 1.54) is 18.5 Å². The quantitative estimate of drug-likeness (QED) is 0.889. The van der Waals surface area contributed by atoms with Crippen LogP contribution in [0, 0.1) is 6.92 Å². The summed E-state index contributed by atoms with van der Waals surface area (Å²) in [6.07, 6.45) is 2.44. The lowest BCUT2D eigenvalue weighted by atomic mass is 10.0. The van der Waals surface area contributed by atoms with E-state index in [1.807, 2.05) is 6.92 Å². The largest absolute Gasteiger partial charge is 0.371 e. The van der Waals surface area contributed by atoms with Gasteiger partial charge in [-0.25, -0.2) is 0 Å². The number of nitrogens with zero attached hydrogens (tertiary/aromatic N) is 1. The minimum Gasteiger partial charge on any atom is -0.371 e. The fraction of sp³-hybridized carbons (Fsp3) is 0.571. The van der Waals surface area contributed by atoms with Gasteiger partial charge in [0.05, 0.1) is 0 Å². The van der Waals surface area contributed by atoms with E-state index >= 15 is 0 Å². The van der Waals surface area contributed by atoms with Crippen molar-refractivity contribution in [2.24, 2.45) is 0 Å². The van der Waals surface area contributed by atoms with E-state index in [-0.39, 0.29) is 0 Å². The van der Waals surface area contributed by atoms with Crippen LogP contribution < -0.4 is 10.2 Å². The monoisotopic (exact) mass is 252 g/mol. The Kier molecular flexibility index (Phi) is 4.30. The third kappa shape index (κ3) is 3.14. The topological polar surface area (TPSA) is 15.3 Å². The number of hydrogen-bond acceptors (Lipinski definition) is 2. The second-order valence-corrected chi connectivity index (χ2v) is 5.16. The van der Waals surface area contributed by atoms with Gasteiger partial charge in [0.1, 0.15) is 0 Å². The smallest absolute Gasteiger partial charge is 0.0455 e.